The Morgan fingerprint density at radius 2 is 2.00 bits per heavy atom. The van der Waals surface area contributed by atoms with Crippen LogP contribution in [0.25, 0.3) is 11.0 Å². The van der Waals surface area contributed by atoms with Gasteiger partial charge in [-0.15, -0.1) is 0 Å². The zero-order valence-electron chi connectivity index (χ0n) is 10.9. The molecule has 0 spiro atoms. The third-order valence-corrected chi connectivity index (χ3v) is 3.21. The number of benzene rings is 1. The summed E-state index contributed by atoms with van der Waals surface area (Å²) in [4.78, 5) is 7.20. The first kappa shape index (κ1) is 13.5. The van der Waals surface area contributed by atoms with Gasteiger partial charge in [-0.25, -0.2) is 4.98 Å². The number of H-pyrrole nitrogens is 1. The van der Waals surface area contributed by atoms with Crippen LogP contribution in [0.2, 0.25) is 0 Å². The molecule has 21 heavy (non-hydrogen) atoms. The van der Waals surface area contributed by atoms with Gasteiger partial charge in [0, 0.05) is 30.0 Å². The topological polar surface area (TPSA) is 40.7 Å². The maximum absolute atomic E-state index is 12.6. The summed E-state index contributed by atoms with van der Waals surface area (Å²) in [5, 5.41) is 3.96. The quantitative estimate of drug-likeness (QED) is 0.759. The Morgan fingerprint density at radius 1 is 1.14 bits per heavy atom. The molecule has 0 amide bonds. The molecule has 0 radical (unpaired) electrons. The van der Waals surface area contributed by atoms with E-state index in [0.29, 0.717) is 12.2 Å². The van der Waals surface area contributed by atoms with Crippen LogP contribution in [0.4, 0.5) is 18.9 Å². The summed E-state index contributed by atoms with van der Waals surface area (Å²) in [6, 6.07) is 8.91. The van der Waals surface area contributed by atoms with Crippen molar-refractivity contribution in [2.45, 2.75) is 12.7 Å². The maximum Gasteiger partial charge on any atom is 0.416 e. The number of nitrogens with zero attached hydrogens (tertiary/aromatic N) is 1. The average molecular weight is 291 g/mol. The van der Waals surface area contributed by atoms with Crippen LogP contribution in [0.3, 0.4) is 0 Å². The number of hydrogen-bond donors (Lipinski definition) is 2. The van der Waals surface area contributed by atoms with Crippen molar-refractivity contribution in [2.24, 2.45) is 0 Å². The molecule has 3 aromatic rings. The Balaban J connectivity index is 1.79. The van der Waals surface area contributed by atoms with E-state index in [4.69, 9.17) is 0 Å². The molecule has 0 unspecified atom stereocenters. The number of halogens is 3. The number of nitrogens with one attached hydrogen (secondary N) is 2. The van der Waals surface area contributed by atoms with Crippen molar-refractivity contribution in [1.82, 2.24) is 9.97 Å². The van der Waals surface area contributed by atoms with Gasteiger partial charge in [0.1, 0.15) is 5.65 Å². The van der Waals surface area contributed by atoms with Crippen LogP contribution in [0.5, 0.6) is 0 Å². The molecule has 2 heterocycles. The Hall–Kier alpha value is -2.50. The van der Waals surface area contributed by atoms with Crippen LogP contribution < -0.4 is 5.32 Å². The molecule has 1 aromatic carbocycles. The van der Waals surface area contributed by atoms with E-state index in [1.165, 1.54) is 6.07 Å². The van der Waals surface area contributed by atoms with Crippen LogP contribution in [0.1, 0.15) is 11.1 Å². The van der Waals surface area contributed by atoms with Gasteiger partial charge >= 0.3 is 6.18 Å². The summed E-state index contributed by atoms with van der Waals surface area (Å²) in [6.07, 6.45) is -0.844. The minimum atomic E-state index is -4.33. The van der Waals surface area contributed by atoms with Gasteiger partial charge in [0.2, 0.25) is 0 Å². The minimum Gasteiger partial charge on any atom is -0.381 e. The van der Waals surface area contributed by atoms with E-state index in [-0.39, 0.29) is 0 Å². The van der Waals surface area contributed by atoms with Gasteiger partial charge in [0.25, 0.3) is 0 Å². The fourth-order valence-corrected chi connectivity index (χ4v) is 2.16. The van der Waals surface area contributed by atoms with Crippen molar-refractivity contribution in [3.63, 3.8) is 0 Å². The van der Waals surface area contributed by atoms with E-state index >= 15 is 0 Å². The van der Waals surface area contributed by atoms with Gasteiger partial charge in [0.15, 0.2) is 0 Å². The predicted octanol–water partition coefficient (Wildman–Crippen LogP) is 4.19. The molecule has 6 heteroatoms. The van der Waals surface area contributed by atoms with Crippen LogP contribution in [0.15, 0.2) is 48.8 Å². The normalized spacial score (nSPS) is 11.8. The number of aromatic amines is 1. The molecule has 0 fully saturated rings. The van der Waals surface area contributed by atoms with E-state index in [0.717, 1.165) is 28.7 Å². The molecule has 0 aliphatic rings. The van der Waals surface area contributed by atoms with Crippen molar-refractivity contribution in [2.75, 3.05) is 5.32 Å². The molecule has 3 nitrogen and oxygen atoms in total. The Morgan fingerprint density at radius 3 is 2.81 bits per heavy atom. The van der Waals surface area contributed by atoms with E-state index in [2.05, 4.69) is 15.3 Å². The van der Waals surface area contributed by atoms with Crippen molar-refractivity contribution in [3.8, 4) is 0 Å². The van der Waals surface area contributed by atoms with E-state index in [1.807, 2.05) is 12.1 Å². The lowest BCUT2D eigenvalue weighted by atomic mass is 10.2. The fourth-order valence-electron chi connectivity index (χ4n) is 2.16. The van der Waals surface area contributed by atoms with Gasteiger partial charge in [-0.05, 0) is 35.9 Å². The fraction of sp³-hybridized carbons (Fsp3) is 0.133. The molecule has 0 saturated carbocycles. The third-order valence-electron chi connectivity index (χ3n) is 3.21. The number of anilines is 1. The third kappa shape index (κ3) is 2.84. The molecule has 0 aliphatic heterocycles. The van der Waals surface area contributed by atoms with Crippen LogP contribution in [-0.2, 0) is 12.7 Å². The smallest absolute Gasteiger partial charge is 0.381 e. The van der Waals surface area contributed by atoms with E-state index in [9.17, 15) is 13.2 Å². The Bertz CT molecular complexity index is 762. The summed E-state index contributed by atoms with van der Waals surface area (Å²) in [5.74, 6) is 0. The van der Waals surface area contributed by atoms with E-state index in [1.54, 1.807) is 18.5 Å². The predicted molar refractivity (Wildman–Crippen MR) is 74.9 cm³/mol. The molecular formula is C15H12F3N3. The lowest BCUT2D eigenvalue weighted by Crippen LogP contribution is -2.06. The van der Waals surface area contributed by atoms with Gasteiger partial charge in [-0.2, -0.15) is 13.2 Å². The number of rotatable bonds is 3. The SMILES string of the molecule is FC(F)(F)c1cccc(NCc2c[nH]c3ncccc23)c1. The highest BCUT2D eigenvalue weighted by Crippen LogP contribution is 2.30. The number of pyridine rings is 1. The largest absolute Gasteiger partial charge is 0.416 e. The molecule has 108 valence electrons. The molecule has 0 atom stereocenters. The standard InChI is InChI=1S/C15H12F3N3/c16-15(17,18)11-3-1-4-12(7-11)20-8-10-9-21-14-13(10)5-2-6-19-14/h1-7,9,20H,8H2,(H,19,21). The molecule has 0 bridgehead atoms. The van der Waals surface area contributed by atoms with E-state index < -0.39 is 11.7 Å². The summed E-state index contributed by atoms with van der Waals surface area (Å²) in [6.45, 7) is 0.424. The first-order valence-corrected chi connectivity index (χ1v) is 6.36. The molecule has 0 aliphatic carbocycles. The Kier molecular flexibility index (Phi) is 3.29. The zero-order valence-corrected chi connectivity index (χ0v) is 10.9. The van der Waals surface area contributed by atoms with Crippen LogP contribution in [-0.4, -0.2) is 9.97 Å². The maximum atomic E-state index is 12.6. The highest BCUT2D eigenvalue weighted by Gasteiger charge is 2.30. The summed E-state index contributed by atoms with van der Waals surface area (Å²) in [5.41, 5.74) is 1.49. The summed E-state index contributed by atoms with van der Waals surface area (Å²) >= 11 is 0. The first-order chi connectivity index (χ1) is 10.0. The van der Waals surface area contributed by atoms with Gasteiger partial charge in [0.05, 0.1) is 5.56 Å². The van der Waals surface area contributed by atoms with Crippen molar-refractivity contribution < 1.29 is 13.2 Å². The molecule has 2 N–H and O–H groups in total. The average Bonchev–Trinajstić information content (AvgIpc) is 2.88. The van der Waals surface area contributed by atoms with Crippen LogP contribution >= 0.6 is 0 Å². The van der Waals surface area contributed by atoms with Gasteiger partial charge in [-0.1, -0.05) is 6.07 Å². The highest BCUT2D eigenvalue weighted by molar-refractivity contribution is 5.79. The molecule has 2 aromatic heterocycles. The number of alkyl halides is 3. The minimum absolute atomic E-state index is 0.424. The lowest BCUT2D eigenvalue weighted by Gasteiger charge is -2.10. The summed E-state index contributed by atoms with van der Waals surface area (Å²) < 4.78 is 37.9. The van der Waals surface area contributed by atoms with Crippen molar-refractivity contribution >= 4 is 16.7 Å². The van der Waals surface area contributed by atoms with Crippen molar-refractivity contribution in [3.05, 3.63) is 59.9 Å². The molecular weight excluding hydrogens is 279 g/mol. The number of aromatic nitrogens is 2. The van der Waals surface area contributed by atoms with Crippen molar-refractivity contribution in [1.29, 1.82) is 0 Å². The monoisotopic (exact) mass is 291 g/mol. The molecule has 0 saturated heterocycles. The Labute approximate surface area is 118 Å². The second kappa shape index (κ2) is 5.12. The summed E-state index contributed by atoms with van der Waals surface area (Å²) in [7, 11) is 0. The number of hydrogen-bond acceptors (Lipinski definition) is 2. The van der Waals surface area contributed by atoms with Crippen LogP contribution in [0, 0.1) is 0 Å². The zero-order chi connectivity index (χ0) is 14.9. The molecule has 3 rings (SSSR count). The second-order valence-electron chi connectivity index (χ2n) is 4.65. The first-order valence-electron chi connectivity index (χ1n) is 6.36. The van der Waals surface area contributed by atoms with Gasteiger partial charge < -0.3 is 10.3 Å². The lowest BCUT2D eigenvalue weighted by molar-refractivity contribution is -0.137. The van der Waals surface area contributed by atoms with Gasteiger partial charge in [-0.3, -0.25) is 0 Å². The second-order valence-corrected chi connectivity index (χ2v) is 4.65. The highest BCUT2D eigenvalue weighted by atomic mass is 19.4. The number of fused-ring (bicyclic) bond motifs is 1.